The van der Waals surface area contributed by atoms with Gasteiger partial charge in [-0.25, -0.2) is 0 Å². The summed E-state index contributed by atoms with van der Waals surface area (Å²) in [5.74, 6) is 1.72. The molecule has 2 aliphatic rings. The van der Waals surface area contributed by atoms with Crippen molar-refractivity contribution in [2.45, 2.75) is 19.3 Å². The van der Waals surface area contributed by atoms with Crippen LogP contribution in [0, 0.1) is 0 Å². The molecule has 0 radical (unpaired) electrons. The lowest BCUT2D eigenvalue weighted by Crippen LogP contribution is -2.30. The van der Waals surface area contributed by atoms with Gasteiger partial charge in [0, 0.05) is 38.7 Å². The van der Waals surface area contributed by atoms with Gasteiger partial charge in [0.25, 0.3) is 0 Å². The number of para-hydroxylation sites is 4. The minimum Gasteiger partial charge on any atom is -0.453 e. The number of rotatable bonds is 3. The summed E-state index contributed by atoms with van der Waals surface area (Å²) >= 11 is 0. The number of ketones is 1. The molecule has 1 aliphatic carbocycles. The Morgan fingerprint density at radius 2 is 1.10 bits per heavy atom. The number of nitrogens with zero attached hydrogens (tertiary/aromatic N) is 2. The van der Waals surface area contributed by atoms with Crippen LogP contribution in [0.3, 0.4) is 0 Å². The molecule has 0 unspecified atom stereocenters. The minimum absolute atomic E-state index is 0.0795. The molecule has 0 N–H and O–H groups in total. The third-order valence-corrected chi connectivity index (χ3v) is 10.6. The quantitative estimate of drug-likeness (QED) is 0.192. The molecule has 1 aromatic heterocycles. The Kier molecular flexibility index (Phi) is 6.04. The molecule has 4 nitrogen and oxygen atoms in total. The number of hydrogen-bond acceptors (Lipinski definition) is 3. The summed E-state index contributed by atoms with van der Waals surface area (Å²) in [4.78, 5) is 16.3. The topological polar surface area (TPSA) is 34.5 Å². The van der Waals surface area contributed by atoms with E-state index in [4.69, 9.17) is 4.74 Å². The van der Waals surface area contributed by atoms with Gasteiger partial charge in [-0.15, -0.1) is 0 Å². The number of ether oxygens (including phenoxy) is 1. The average Bonchev–Trinajstić information content (AvgIpc) is 3.49. The summed E-state index contributed by atoms with van der Waals surface area (Å²) in [7, 11) is 0. The largest absolute Gasteiger partial charge is 0.453 e. The number of carbonyl (C=O) groups is 1. The Morgan fingerprint density at radius 3 is 1.86 bits per heavy atom. The number of aromatic nitrogens is 1. The van der Waals surface area contributed by atoms with Gasteiger partial charge in [-0.3, -0.25) is 4.79 Å². The molecule has 8 aromatic rings. The van der Waals surface area contributed by atoms with Gasteiger partial charge in [0.2, 0.25) is 0 Å². The zero-order valence-electron chi connectivity index (χ0n) is 27.7. The molecule has 0 saturated heterocycles. The molecule has 2 heterocycles. The van der Waals surface area contributed by atoms with Gasteiger partial charge >= 0.3 is 0 Å². The highest BCUT2D eigenvalue weighted by molar-refractivity contribution is 6.15. The lowest BCUT2D eigenvalue weighted by molar-refractivity contribution is 0.103. The highest BCUT2D eigenvalue weighted by atomic mass is 16.5. The Hall–Kier alpha value is -6.39. The van der Waals surface area contributed by atoms with E-state index in [1.54, 1.807) is 0 Å². The minimum atomic E-state index is -0.288. The van der Waals surface area contributed by atoms with Crippen LogP contribution in [-0.4, -0.2) is 10.4 Å². The molecule has 0 fully saturated rings. The van der Waals surface area contributed by atoms with Crippen LogP contribution >= 0.6 is 0 Å². The van der Waals surface area contributed by atoms with E-state index in [0.717, 1.165) is 83.9 Å². The molecule has 1 aliphatic heterocycles. The van der Waals surface area contributed by atoms with Crippen molar-refractivity contribution >= 4 is 44.7 Å². The zero-order valence-corrected chi connectivity index (χ0v) is 27.7. The normalized spacial score (nSPS) is 14.1. The number of hydrogen-bond donors (Lipinski definition) is 0. The highest BCUT2D eigenvalue weighted by Gasteiger charge is 2.37. The molecule has 4 heteroatoms. The third-order valence-electron chi connectivity index (χ3n) is 10.6. The van der Waals surface area contributed by atoms with Gasteiger partial charge < -0.3 is 14.2 Å². The Labute approximate surface area is 290 Å². The van der Waals surface area contributed by atoms with E-state index in [0.29, 0.717) is 0 Å². The Bertz CT molecular complexity index is 2640. The summed E-state index contributed by atoms with van der Waals surface area (Å²) in [6, 6.07) is 54.8. The first-order valence-electron chi connectivity index (χ1n) is 17.1. The van der Waals surface area contributed by atoms with E-state index < -0.39 is 0 Å². The molecule has 0 bridgehead atoms. The first kappa shape index (κ1) is 28.6. The summed E-state index contributed by atoms with van der Waals surface area (Å²) in [5, 5.41) is 2.28. The van der Waals surface area contributed by atoms with Gasteiger partial charge in [-0.2, -0.15) is 0 Å². The van der Waals surface area contributed by atoms with E-state index in [-0.39, 0.29) is 11.2 Å². The SMILES string of the molecule is CC1(C)c2ccccc2C(=O)c2cc(-n3c4ccc(-c5ccccc5)cc4c4cc(N5c6ccccc6Oc6ccccc65)ccc43)ccc21. The highest BCUT2D eigenvalue weighted by Crippen LogP contribution is 2.51. The zero-order chi connectivity index (χ0) is 33.6. The molecule has 10 rings (SSSR count). The fraction of sp³-hybridized carbons (Fsp3) is 0.0652. The van der Waals surface area contributed by atoms with E-state index in [1.807, 2.05) is 42.5 Å². The molecule has 238 valence electrons. The monoisotopic (exact) mass is 644 g/mol. The second kappa shape index (κ2) is 10.6. The van der Waals surface area contributed by atoms with Crippen LogP contribution in [0.15, 0.2) is 158 Å². The number of anilines is 3. The lowest BCUT2D eigenvalue weighted by Gasteiger charge is -2.34. The molecule has 0 spiro atoms. The first-order chi connectivity index (χ1) is 24.5. The standard InChI is InChI=1S/C46H32N2O2/c1-46(2)37-15-7-6-14-33(37)45(49)36-28-31(21-23-38(36)46)47-39-24-20-30(29-12-4-3-5-13-29)26-34(39)35-27-32(22-25-40(35)47)48-41-16-8-10-18-43(41)50-44-19-11-9-17-42(44)48/h3-28H,1-2H3. The molecular formula is C46H32N2O2. The summed E-state index contributed by atoms with van der Waals surface area (Å²) < 4.78 is 8.64. The molecule has 0 amide bonds. The summed E-state index contributed by atoms with van der Waals surface area (Å²) in [6.45, 7) is 4.43. The second-order valence-corrected chi connectivity index (χ2v) is 13.7. The van der Waals surface area contributed by atoms with E-state index in [2.05, 4.69) is 139 Å². The maximum Gasteiger partial charge on any atom is 0.193 e. The predicted octanol–water partition coefficient (Wildman–Crippen LogP) is 11.9. The van der Waals surface area contributed by atoms with E-state index >= 15 is 0 Å². The fourth-order valence-corrected chi connectivity index (χ4v) is 8.14. The second-order valence-electron chi connectivity index (χ2n) is 13.7. The van der Waals surface area contributed by atoms with Crippen LogP contribution in [0.25, 0.3) is 38.6 Å². The van der Waals surface area contributed by atoms with Crippen molar-refractivity contribution in [2.24, 2.45) is 0 Å². The molecule has 50 heavy (non-hydrogen) atoms. The van der Waals surface area contributed by atoms with Crippen LogP contribution in [0.2, 0.25) is 0 Å². The van der Waals surface area contributed by atoms with Gasteiger partial charge in [0.05, 0.1) is 22.4 Å². The Morgan fingerprint density at radius 1 is 0.500 bits per heavy atom. The van der Waals surface area contributed by atoms with Crippen molar-refractivity contribution in [1.82, 2.24) is 4.57 Å². The fourth-order valence-electron chi connectivity index (χ4n) is 8.14. The van der Waals surface area contributed by atoms with E-state index in [9.17, 15) is 4.79 Å². The number of fused-ring (bicyclic) bond motifs is 7. The maximum atomic E-state index is 14.0. The maximum absolute atomic E-state index is 14.0. The van der Waals surface area contributed by atoms with Crippen LogP contribution in [-0.2, 0) is 5.41 Å². The van der Waals surface area contributed by atoms with Crippen LogP contribution in [0.5, 0.6) is 11.5 Å². The van der Waals surface area contributed by atoms with Crippen LogP contribution in [0.4, 0.5) is 17.1 Å². The molecule has 7 aromatic carbocycles. The third kappa shape index (κ3) is 4.08. The van der Waals surface area contributed by atoms with E-state index in [1.165, 1.54) is 5.56 Å². The summed E-state index contributed by atoms with van der Waals surface area (Å²) in [5.41, 5.74) is 11.9. The van der Waals surface area contributed by atoms with Gasteiger partial charge in [0.1, 0.15) is 0 Å². The first-order valence-corrected chi connectivity index (χ1v) is 17.1. The number of carbonyl (C=O) groups excluding carboxylic acids is 1. The van der Waals surface area contributed by atoms with Crippen molar-refractivity contribution in [3.63, 3.8) is 0 Å². The summed E-state index contributed by atoms with van der Waals surface area (Å²) in [6.07, 6.45) is 0. The number of benzene rings is 7. The van der Waals surface area contributed by atoms with Gasteiger partial charge in [0.15, 0.2) is 17.3 Å². The smallest absolute Gasteiger partial charge is 0.193 e. The predicted molar refractivity (Wildman–Crippen MR) is 203 cm³/mol. The van der Waals surface area contributed by atoms with Crippen LogP contribution in [0.1, 0.15) is 40.9 Å². The van der Waals surface area contributed by atoms with Crippen molar-refractivity contribution in [3.8, 4) is 28.3 Å². The molecule has 0 saturated carbocycles. The van der Waals surface area contributed by atoms with Crippen molar-refractivity contribution in [3.05, 3.63) is 180 Å². The van der Waals surface area contributed by atoms with Gasteiger partial charge in [-0.1, -0.05) is 105 Å². The van der Waals surface area contributed by atoms with Gasteiger partial charge in [-0.05, 0) is 89.0 Å². The Balaban J connectivity index is 1.22. The average molecular weight is 645 g/mol. The van der Waals surface area contributed by atoms with Crippen molar-refractivity contribution in [1.29, 1.82) is 0 Å². The molecule has 0 atom stereocenters. The molecular weight excluding hydrogens is 613 g/mol. The van der Waals surface area contributed by atoms with Crippen molar-refractivity contribution in [2.75, 3.05) is 4.90 Å². The lowest BCUT2D eigenvalue weighted by atomic mass is 9.68. The van der Waals surface area contributed by atoms with Crippen molar-refractivity contribution < 1.29 is 9.53 Å². The van der Waals surface area contributed by atoms with Crippen LogP contribution < -0.4 is 9.64 Å².